The molecule has 0 aliphatic heterocycles. The number of ether oxygens (including phenoxy) is 2. The molecular formula is C15H20N2O5. The predicted molar refractivity (Wildman–Crippen MR) is 79.6 cm³/mol. The van der Waals surface area contributed by atoms with Gasteiger partial charge in [0, 0.05) is 14.1 Å². The van der Waals surface area contributed by atoms with Crippen LogP contribution in [-0.2, 0) is 14.3 Å². The quantitative estimate of drug-likeness (QED) is 0.739. The van der Waals surface area contributed by atoms with Gasteiger partial charge in [-0.25, -0.2) is 4.79 Å². The van der Waals surface area contributed by atoms with Gasteiger partial charge >= 0.3 is 5.97 Å². The van der Waals surface area contributed by atoms with Crippen LogP contribution in [0.15, 0.2) is 24.3 Å². The number of nitrogens with one attached hydrogen (secondary N) is 1. The third kappa shape index (κ3) is 5.43. The molecule has 2 amide bonds. The highest BCUT2D eigenvalue weighted by molar-refractivity contribution is 5.92. The van der Waals surface area contributed by atoms with Gasteiger partial charge < -0.3 is 19.7 Å². The standard InChI is InChI=1S/C15H20N2O5/c1-4-21-12-7-5-11(6-8-12)15(20)22-10-14(19)17(3)9-13(18)16-2/h5-8H,4,9-10H2,1-3H3,(H,16,18). The summed E-state index contributed by atoms with van der Waals surface area (Å²) in [5, 5.41) is 2.40. The molecule has 1 N–H and O–H groups in total. The van der Waals surface area contributed by atoms with E-state index < -0.39 is 18.5 Å². The SMILES string of the molecule is CCOc1ccc(C(=O)OCC(=O)N(C)CC(=O)NC)cc1. The number of esters is 1. The maximum atomic E-state index is 11.8. The summed E-state index contributed by atoms with van der Waals surface area (Å²) in [6, 6.07) is 6.43. The summed E-state index contributed by atoms with van der Waals surface area (Å²) in [7, 11) is 2.94. The number of hydrogen-bond acceptors (Lipinski definition) is 5. The first kappa shape index (κ1) is 17.5. The molecule has 7 heteroatoms. The van der Waals surface area contributed by atoms with Gasteiger partial charge in [0.25, 0.3) is 5.91 Å². The van der Waals surface area contributed by atoms with Gasteiger partial charge in [-0.1, -0.05) is 0 Å². The Morgan fingerprint density at radius 3 is 2.36 bits per heavy atom. The van der Waals surface area contributed by atoms with Gasteiger partial charge in [0.15, 0.2) is 6.61 Å². The Hall–Kier alpha value is -2.57. The van der Waals surface area contributed by atoms with Gasteiger partial charge in [0.1, 0.15) is 5.75 Å². The van der Waals surface area contributed by atoms with Crippen molar-refractivity contribution >= 4 is 17.8 Å². The number of benzene rings is 1. The Bertz CT molecular complexity index is 527. The second-order valence-corrected chi connectivity index (χ2v) is 4.46. The van der Waals surface area contributed by atoms with Crippen molar-refractivity contribution in [3.63, 3.8) is 0 Å². The molecule has 7 nitrogen and oxygen atoms in total. The van der Waals surface area contributed by atoms with Gasteiger partial charge in [-0.2, -0.15) is 0 Å². The van der Waals surface area contributed by atoms with Crippen molar-refractivity contribution in [1.82, 2.24) is 10.2 Å². The van der Waals surface area contributed by atoms with E-state index in [1.54, 1.807) is 24.3 Å². The zero-order valence-electron chi connectivity index (χ0n) is 12.9. The molecule has 1 aromatic carbocycles. The third-order valence-corrected chi connectivity index (χ3v) is 2.81. The zero-order valence-corrected chi connectivity index (χ0v) is 12.9. The molecule has 0 aromatic heterocycles. The van der Waals surface area contributed by atoms with Crippen molar-refractivity contribution in [3.05, 3.63) is 29.8 Å². The Labute approximate surface area is 129 Å². The van der Waals surface area contributed by atoms with E-state index in [0.717, 1.165) is 0 Å². The maximum absolute atomic E-state index is 11.8. The van der Waals surface area contributed by atoms with Crippen LogP contribution in [0.1, 0.15) is 17.3 Å². The Kier molecular flexibility index (Phi) is 6.88. The fraction of sp³-hybridized carbons (Fsp3) is 0.400. The molecule has 0 spiro atoms. The van der Waals surface area contributed by atoms with E-state index in [1.807, 2.05) is 6.92 Å². The van der Waals surface area contributed by atoms with Gasteiger partial charge in [-0.15, -0.1) is 0 Å². The van der Waals surface area contributed by atoms with Crippen LogP contribution in [0, 0.1) is 0 Å². The topological polar surface area (TPSA) is 84.9 Å². The number of carbonyl (C=O) groups is 3. The summed E-state index contributed by atoms with van der Waals surface area (Å²) in [5.41, 5.74) is 0.324. The zero-order chi connectivity index (χ0) is 16.5. The van der Waals surface area contributed by atoms with Crippen molar-refractivity contribution in [2.75, 3.05) is 33.9 Å². The lowest BCUT2D eigenvalue weighted by Crippen LogP contribution is -2.39. The van der Waals surface area contributed by atoms with E-state index in [0.29, 0.717) is 17.9 Å². The number of amides is 2. The number of rotatable bonds is 7. The molecule has 0 saturated heterocycles. The summed E-state index contributed by atoms with van der Waals surface area (Å²) in [5.74, 6) is -0.707. The lowest BCUT2D eigenvalue weighted by atomic mass is 10.2. The van der Waals surface area contributed by atoms with Gasteiger partial charge in [-0.05, 0) is 31.2 Å². The molecule has 0 radical (unpaired) electrons. The molecule has 0 atom stereocenters. The van der Waals surface area contributed by atoms with Gasteiger partial charge in [-0.3, -0.25) is 9.59 Å². The lowest BCUT2D eigenvalue weighted by Gasteiger charge is -2.15. The van der Waals surface area contributed by atoms with Crippen molar-refractivity contribution in [1.29, 1.82) is 0 Å². The van der Waals surface area contributed by atoms with E-state index in [4.69, 9.17) is 9.47 Å². The first-order valence-corrected chi connectivity index (χ1v) is 6.82. The molecule has 0 heterocycles. The number of hydrogen-bond donors (Lipinski definition) is 1. The van der Waals surface area contributed by atoms with E-state index in [1.165, 1.54) is 19.0 Å². The highest BCUT2D eigenvalue weighted by Gasteiger charge is 2.15. The largest absolute Gasteiger partial charge is 0.494 e. The molecule has 0 aliphatic rings. The summed E-state index contributed by atoms with van der Waals surface area (Å²) < 4.78 is 10.2. The summed E-state index contributed by atoms with van der Waals surface area (Å²) in [6.45, 7) is 1.90. The average Bonchev–Trinajstić information content (AvgIpc) is 2.53. The summed E-state index contributed by atoms with van der Waals surface area (Å²) >= 11 is 0. The van der Waals surface area contributed by atoms with Crippen molar-refractivity contribution < 1.29 is 23.9 Å². The molecule has 1 rings (SSSR count). The van der Waals surface area contributed by atoms with Crippen LogP contribution in [0.5, 0.6) is 5.75 Å². The molecule has 1 aromatic rings. The smallest absolute Gasteiger partial charge is 0.338 e. The van der Waals surface area contributed by atoms with Crippen LogP contribution in [0.2, 0.25) is 0 Å². The Balaban J connectivity index is 2.48. The second kappa shape index (κ2) is 8.66. The maximum Gasteiger partial charge on any atom is 0.338 e. The third-order valence-electron chi connectivity index (χ3n) is 2.81. The Morgan fingerprint density at radius 2 is 1.82 bits per heavy atom. The highest BCUT2D eigenvalue weighted by atomic mass is 16.5. The monoisotopic (exact) mass is 308 g/mol. The van der Waals surface area contributed by atoms with Crippen LogP contribution >= 0.6 is 0 Å². The van der Waals surface area contributed by atoms with Crippen LogP contribution in [0.4, 0.5) is 0 Å². The second-order valence-electron chi connectivity index (χ2n) is 4.46. The summed E-state index contributed by atoms with van der Waals surface area (Å²) in [4.78, 5) is 35.9. The fourth-order valence-corrected chi connectivity index (χ4v) is 1.56. The highest BCUT2D eigenvalue weighted by Crippen LogP contribution is 2.12. The fourth-order valence-electron chi connectivity index (χ4n) is 1.56. The molecular weight excluding hydrogens is 288 g/mol. The molecule has 120 valence electrons. The number of carbonyl (C=O) groups excluding carboxylic acids is 3. The van der Waals surface area contributed by atoms with Crippen molar-refractivity contribution in [2.45, 2.75) is 6.92 Å². The van der Waals surface area contributed by atoms with Gasteiger partial charge in [0.05, 0.1) is 18.7 Å². The van der Waals surface area contributed by atoms with Crippen LogP contribution in [0.3, 0.4) is 0 Å². The molecule has 0 unspecified atom stereocenters. The van der Waals surface area contributed by atoms with E-state index in [2.05, 4.69) is 5.32 Å². The van der Waals surface area contributed by atoms with Crippen molar-refractivity contribution in [2.24, 2.45) is 0 Å². The predicted octanol–water partition coefficient (Wildman–Crippen LogP) is 0.447. The minimum atomic E-state index is -0.607. The minimum absolute atomic E-state index is 0.0874. The van der Waals surface area contributed by atoms with Gasteiger partial charge in [0.2, 0.25) is 5.91 Å². The first-order valence-electron chi connectivity index (χ1n) is 6.82. The molecule has 0 bridgehead atoms. The lowest BCUT2D eigenvalue weighted by molar-refractivity contribution is -0.137. The molecule has 0 saturated carbocycles. The van der Waals surface area contributed by atoms with E-state index in [-0.39, 0.29) is 12.5 Å². The average molecular weight is 308 g/mol. The normalized spacial score (nSPS) is 9.77. The van der Waals surface area contributed by atoms with E-state index >= 15 is 0 Å². The molecule has 0 aliphatic carbocycles. The Morgan fingerprint density at radius 1 is 1.18 bits per heavy atom. The minimum Gasteiger partial charge on any atom is -0.494 e. The van der Waals surface area contributed by atoms with Crippen LogP contribution in [0.25, 0.3) is 0 Å². The first-order chi connectivity index (χ1) is 10.5. The molecule has 0 fully saturated rings. The molecule has 22 heavy (non-hydrogen) atoms. The number of nitrogens with zero attached hydrogens (tertiary/aromatic N) is 1. The van der Waals surface area contributed by atoms with Crippen LogP contribution in [-0.4, -0.2) is 56.5 Å². The van der Waals surface area contributed by atoms with E-state index in [9.17, 15) is 14.4 Å². The summed E-state index contributed by atoms with van der Waals surface area (Å²) in [6.07, 6.45) is 0. The van der Waals surface area contributed by atoms with Crippen LogP contribution < -0.4 is 10.1 Å². The van der Waals surface area contributed by atoms with Crippen molar-refractivity contribution in [3.8, 4) is 5.75 Å². The number of likely N-dealkylation sites (N-methyl/N-ethyl adjacent to an activating group) is 2.